The third kappa shape index (κ3) is 7.50. The topological polar surface area (TPSA) is 117 Å². The lowest BCUT2D eigenvalue weighted by Gasteiger charge is -2.37. The predicted octanol–water partition coefficient (Wildman–Crippen LogP) is 4.95. The number of benzene rings is 3. The fraction of sp³-hybridized carbons (Fsp3) is 0.310. The van der Waals surface area contributed by atoms with Gasteiger partial charge in [0.25, 0.3) is 10.1 Å². The molecule has 3 N–H and O–H groups in total. The second kappa shape index (κ2) is 12.1. The lowest BCUT2D eigenvalue weighted by atomic mass is 9.86. The van der Waals surface area contributed by atoms with Gasteiger partial charge in [-0.25, -0.2) is 0 Å². The van der Waals surface area contributed by atoms with Crippen LogP contribution in [0.3, 0.4) is 0 Å². The van der Waals surface area contributed by atoms with Crippen molar-refractivity contribution in [3.8, 4) is 23.0 Å². The number of rotatable bonds is 7. The molecule has 1 unspecified atom stereocenters. The quantitative estimate of drug-likeness (QED) is 0.350. The molecule has 2 aliphatic heterocycles. The molecular weight excluding hydrogens is 525 g/mol. The first kappa shape index (κ1) is 28.4. The molecule has 0 aromatic heterocycles. The van der Waals surface area contributed by atoms with Crippen LogP contribution in [-0.4, -0.2) is 67.3 Å². The van der Waals surface area contributed by atoms with Crippen molar-refractivity contribution in [3.05, 3.63) is 83.4 Å². The second-order valence-electron chi connectivity index (χ2n) is 9.70. The molecule has 2 heterocycles. The summed E-state index contributed by atoms with van der Waals surface area (Å²) in [6, 6.07) is 20.1. The van der Waals surface area contributed by atoms with Crippen molar-refractivity contribution in [1.82, 2.24) is 4.90 Å². The van der Waals surface area contributed by atoms with E-state index in [4.69, 9.17) is 14.0 Å². The van der Waals surface area contributed by atoms with E-state index in [-0.39, 0.29) is 30.2 Å². The highest BCUT2D eigenvalue weighted by Gasteiger charge is 2.30. The third-order valence-corrected chi connectivity index (χ3v) is 6.55. The Morgan fingerprint density at radius 2 is 1.69 bits per heavy atom. The van der Waals surface area contributed by atoms with Crippen LogP contribution in [0.4, 0.5) is 4.39 Å². The molecule has 0 saturated carbocycles. The molecule has 1 atom stereocenters. The SMILES string of the molecule is CC1=C(c2cccc(O)c2)C(c2ccc(OCCN3CC(CF)C3)cc2)Oc2ccc(O)cc21.CS(=O)(=O)O. The van der Waals surface area contributed by atoms with Gasteiger partial charge in [0, 0.05) is 36.7 Å². The Morgan fingerprint density at radius 1 is 1.03 bits per heavy atom. The fourth-order valence-corrected chi connectivity index (χ4v) is 4.71. The van der Waals surface area contributed by atoms with E-state index in [1.54, 1.807) is 30.3 Å². The maximum Gasteiger partial charge on any atom is 0.261 e. The van der Waals surface area contributed by atoms with Crippen LogP contribution in [0.15, 0.2) is 66.7 Å². The highest BCUT2D eigenvalue weighted by atomic mass is 32.2. The number of fused-ring (bicyclic) bond motifs is 1. The standard InChI is InChI=1S/C28H28FNO4.CH4O3S/c1-18-25-14-23(32)7-10-26(25)34-28(27(18)21-3-2-4-22(31)13-21)20-5-8-24(9-6-20)33-12-11-30-16-19(15-29)17-30;1-5(2,3)4/h2-10,13-14,19,28,31-32H,11-12,15-17H2,1H3;1H3,(H,2,3,4). The number of allylic oxidation sites excluding steroid dienone is 1. The first-order valence-electron chi connectivity index (χ1n) is 12.5. The summed E-state index contributed by atoms with van der Waals surface area (Å²) in [5, 5.41) is 20.1. The minimum Gasteiger partial charge on any atom is -0.508 e. The average Bonchev–Trinajstić information content (AvgIpc) is 2.85. The fourth-order valence-electron chi connectivity index (χ4n) is 4.71. The molecule has 10 heteroatoms. The van der Waals surface area contributed by atoms with Crippen LogP contribution in [-0.2, 0) is 10.1 Å². The summed E-state index contributed by atoms with van der Waals surface area (Å²) in [7, 11) is -3.67. The van der Waals surface area contributed by atoms with Gasteiger partial charge in [-0.15, -0.1) is 0 Å². The molecule has 0 amide bonds. The summed E-state index contributed by atoms with van der Waals surface area (Å²) in [5.41, 5.74) is 4.56. The number of ether oxygens (including phenoxy) is 2. The third-order valence-electron chi connectivity index (χ3n) is 6.55. The van der Waals surface area contributed by atoms with Gasteiger partial charge >= 0.3 is 0 Å². The lowest BCUT2D eigenvalue weighted by Crippen LogP contribution is -2.49. The van der Waals surface area contributed by atoms with E-state index in [1.165, 1.54) is 0 Å². The van der Waals surface area contributed by atoms with Crippen LogP contribution >= 0.6 is 0 Å². The van der Waals surface area contributed by atoms with Gasteiger partial charge in [-0.05, 0) is 66.1 Å². The van der Waals surface area contributed by atoms with Gasteiger partial charge in [0.2, 0.25) is 0 Å². The van der Waals surface area contributed by atoms with E-state index >= 15 is 0 Å². The van der Waals surface area contributed by atoms with Crippen LogP contribution in [0, 0.1) is 5.92 Å². The molecule has 2 aliphatic rings. The number of likely N-dealkylation sites (tertiary alicyclic amines) is 1. The van der Waals surface area contributed by atoms with Gasteiger partial charge in [0.05, 0.1) is 12.9 Å². The molecule has 3 aromatic carbocycles. The van der Waals surface area contributed by atoms with Crippen LogP contribution < -0.4 is 9.47 Å². The summed E-state index contributed by atoms with van der Waals surface area (Å²) < 4.78 is 50.8. The van der Waals surface area contributed by atoms with Crippen molar-refractivity contribution in [2.75, 3.05) is 39.2 Å². The summed E-state index contributed by atoms with van der Waals surface area (Å²) in [6.07, 6.45) is 0.333. The number of hydrogen-bond acceptors (Lipinski definition) is 7. The lowest BCUT2D eigenvalue weighted by molar-refractivity contribution is 0.0668. The molecular formula is C29H32FNO7S. The van der Waals surface area contributed by atoms with Crippen molar-refractivity contribution < 1.29 is 37.0 Å². The molecule has 5 rings (SSSR count). The van der Waals surface area contributed by atoms with Gasteiger partial charge in [-0.1, -0.05) is 24.3 Å². The molecule has 1 saturated heterocycles. The van der Waals surface area contributed by atoms with Crippen molar-refractivity contribution >= 4 is 21.3 Å². The first-order valence-corrected chi connectivity index (χ1v) is 14.3. The maximum atomic E-state index is 12.6. The van der Waals surface area contributed by atoms with E-state index in [0.717, 1.165) is 53.2 Å². The molecule has 0 radical (unpaired) electrons. The van der Waals surface area contributed by atoms with Crippen LogP contribution in [0.2, 0.25) is 0 Å². The molecule has 0 aliphatic carbocycles. The smallest absolute Gasteiger partial charge is 0.261 e. The molecule has 39 heavy (non-hydrogen) atoms. The number of halogens is 1. The summed E-state index contributed by atoms with van der Waals surface area (Å²) in [4.78, 5) is 2.19. The number of aromatic hydroxyl groups is 2. The van der Waals surface area contributed by atoms with Crippen LogP contribution in [0.1, 0.15) is 29.7 Å². The monoisotopic (exact) mass is 557 g/mol. The number of phenols is 2. The highest BCUT2D eigenvalue weighted by molar-refractivity contribution is 7.85. The largest absolute Gasteiger partial charge is 0.508 e. The Morgan fingerprint density at radius 3 is 2.33 bits per heavy atom. The van der Waals surface area contributed by atoms with Crippen molar-refractivity contribution in [2.45, 2.75) is 13.0 Å². The predicted molar refractivity (Wildman–Crippen MR) is 147 cm³/mol. The van der Waals surface area contributed by atoms with Crippen LogP contribution in [0.25, 0.3) is 11.1 Å². The Balaban J connectivity index is 0.000000648. The van der Waals surface area contributed by atoms with Gasteiger partial charge in [-0.3, -0.25) is 13.8 Å². The van der Waals surface area contributed by atoms with E-state index in [2.05, 4.69) is 4.90 Å². The van der Waals surface area contributed by atoms with E-state index in [9.17, 15) is 23.0 Å². The van der Waals surface area contributed by atoms with E-state index in [1.807, 2.05) is 43.3 Å². The Hall–Kier alpha value is -3.60. The summed E-state index contributed by atoms with van der Waals surface area (Å²) in [6.45, 7) is 4.72. The van der Waals surface area contributed by atoms with Crippen molar-refractivity contribution in [1.29, 1.82) is 0 Å². The molecule has 1 fully saturated rings. The number of phenolic OH excluding ortho intramolecular Hbond substituents is 2. The normalized spacial score (nSPS) is 17.4. The van der Waals surface area contributed by atoms with Crippen molar-refractivity contribution in [3.63, 3.8) is 0 Å². The van der Waals surface area contributed by atoms with E-state index in [0.29, 0.717) is 18.6 Å². The minimum atomic E-state index is -3.67. The molecule has 3 aromatic rings. The van der Waals surface area contributed by atoms with Gasteiger partial charge in [0.1, 0.15) is 35.7 Å². The molecule has 0 bridgehead atoms. The zero-order chi connectivity index (χ0) is 28.2. The molecule has 0 spiro atoms. The van der Waals surface area contributed by atoms with Crippen LogP contribution in [0.5, 0.6) is 23.0 Å². The highest BCUT2D eigenvalue weighted by Crippen LogP contribution is 2.47. The number of hydrogen-bond donors (Lipinski definition) is 3. The zero-order valence-corrected chi connectivity index (χ0v) is 22.6. The summed E-state index contributed by atoms with van der Waals surface area (Å²) >= 11 is 0. The van der Waals surface area contributed by atoms with Gasteiger partial charge in [0.15, 0.2) is 0 Å². The Bertz CT molecular complexity index is 1430. The zero-order valence-electron chi connectivity index (χ0n) is 21.7. The van der Waals surface area contributed by atoms with E-state index < -0.39 is 10.1 Å². The maximum absolute atomic E-state index is 12.6. The second-order valence-corrected chi connectivity index (χ2v) is 11.2. The van der Waals surface area contributed by atoms with Gasteiger partial charge in [-0.2, -0.15) is 8.42 Å². The first-order chi connectivity index (χ1) is 18.5. The molecule has 8 nitrogen and oxygen atoms in total. The van der Waals surface area contributed by atoms with Crippen molar-refractivity contribution in [2.24, 2.45) is 5.92 Å². The number of alkyl halides is 1. The summed E-state index contributed by atoms with van der Waals surface area (Å²) in [5.74, 6) is 2.01. The number of nitrogens with zero attached hydrogens (tertiary/aromatic N) is 1. The average molecular weight is 558 g/mol. The Kier molecular flexibility index (Phi) is 8.79. The Labute approximate surface area is 227 Å². The minimum absolute atomic E-state index is 0.176. The molecule has 208 valence electrons. The van der Waals surface area contributed by atoms with Gasteiger partial charge < -0.3 is 19.7 Å².